The zero-order valence-corrected chi connectivity index (χ0v) is 16.9. The Morgan fingerprint density at radius 2 is 1.97 bits per heavy atom. The van der Waals surface area contributed by atoms with Gasteiger partial charge >= 0.3 is 0 Å². The van der Waals surface area contributed by atoms with Crippen LogP contribution >= 0.6 is 0 Å². The van der Waals surface area contributed by atoms with Gasteiger partial charge in [-0.15, -0.1) is 0 Å². The van der Waals surface area contributed by atoms with Crippen LogP contribution in [0.15, 0.2) is 55.0 Å². The van der Waals surface area contributed by atoms with Crippen LogP contribution in [0.3, 0.4) is 0 Å². The summed E-state index contributed by atoms with van der Waals surface area (Å²) in [6.07, 6.45) is 3.99. The van der Waals surface area contributed by atoms with Crippen LogP contribution in [0.4, 0.5) is 0 Å². The van der Waals surface area contributed by atoms with E-state index < -0.39 is 0 Å². The van der Waals surface area contributed by atoms with Gasteiger partial charge in [-0.3, -0.25) is 4.79 Å². The highest BCUT2D eigenvalue weighted by molar-refractivity contribution is 5.95. The van der Waals surface area contributed by atoms with Crippen molar-refractivity contribution in [3.63, 3.8) is 0 Å². The standard InChI is InChI=1S/C24H24N4O/c1-4-18-7-5-6-8-19(18)23-15(2)20-11-17(9-10-22(20)28-23)12-26-24(29)21-13-25-14-27-16(21)3/h5-11,13-14,28H,4,12H2,1-3H3,(H,26,29). The van der Waals surface area contributed by atoms with Crippen LogP contribution in [0.5, 0.6) is 0 Å². The molecule has 2 heterocycles. The average Bonchev–Trinajstić information content (AvgIpc) is 3.08. The number of hydrogen-bond donors (Lipinski definition) is 2. The number of aryl methyl sites for hydroxylation is 3. The molecule has 0 saturated carbocycles. The zero-order valence-electron chi connectivity index (χ0n) is 16.9. The van der Waals surface area contributed by atoms with Crippen LogP contribution in [0, 0.1) is 13.8 Å². The molecule has 2 aromatic heterocycles. The summed E-state index contributed by atoms with van der Waals surface area (Å²) in [5.74, 6) is -0.161. The van der Waals surface area contributed by atoms with E-state index in [1.54, 1.807) is 6.20 Å². The predicted octanol–water partition coefficient (Wildman–Crippen LogP) is 4.73. The molecule has 2 N–H and O–H groups in total. The second-order valence-electron chi connectivity index (χ2n) is 7.22. The van der Waals surface area contributed by atoms with Gasteiger partial charge in [0.25, 0.3) is 5.91 Å². The first kappa shape index (κ1) is 18.9. The van der Waals surface area contributed by atoms with Gasteiger partial charge in [-0.1, -0.05) is 37.3 Å². The Labute approximate surface area is 170 Å². The number of hydrogen-bond acceptors (Lipinski definition) is 3. The number of carbonyl (C=O) groups is 1. The number of rotatable bonds is 5. The molecular formula is C24H24N4O. The quantitative estimate of drug-likeness (QED) is 0.522. The van der Waals surface area contributed by atoms with Crippen molar-refractivity contribution in [1.82, 2.24) is 20.3 Å². The number of aromatic amines is 1. The molecule has 0 bridgehead atoms. The molecule has 0 unspecified atom stereocenters. The van der Waals surface area contributed by atoms with E-state index in [1.165, 1.54) is 28.4 Å². The molecule has 0 aliphatic carbocycles. The lowest BCUT2D eigenvalue weighted by Gasteiger charge is -2.07. The molecule has 4 aromatic rings. The third-order valence-corrected chi connectivity index (χ3v) is 5.40. The predicted molar refractivity (Wildman–Crippen MR) is 116 cm³/mol. The first-order valence-corrected chi connectivity index (χ1v) is 9.82. The fourth-order valence-corrected chi connectivity index (χ4v) is 3.72. The lowest BCUT2D eigenvalue weighted by atomic mass is 9.99. The van der Waals surface area contributed by atoms with Crippen molar-refractivity contribution < 1.29 is 4.79 Å². The second-order valence-corrected chi connectivity index (χ2v) is 7.22. The van der Waals surface area contributed by atoms with Crippen LogP contribution in [-0.2, 0) is 13.0 Å². The van der Waals surface area contributed by atoms with Crippen molar-refractivity contribution in [3.05, 3.63) is 82.9 Å². The summed E-state index contributed by atoms with van der Waals surface area (Å²) in [7, 11) is 0. The van der Waals surface area contributed by atoms with E-state index in [2.05, 4.69) is 70.5 Å². The van der Waals surface area contributed by atoms with Crippen LogP contribution in [0.2, 0.25) is 0 Å². The molecule has 0 atom stereocenters. The van der Waals surface area contributed by atoms with E-state index in [0.29, 0.717) is 17.8 Å². The van der Waals surface area contributed by atoms with E-state index in [1.807, 2.05) is 13.0 Å². The minimum Gasteiger partial charge on any atom is -0.354 e. The fraction of sp³-hybridized carbons (Fsp3) is 0.208. The van der Waals surface area contributed by atoms with Gasteiger partial charge in [0, 0.05) is 34.9 Å². The zero-order chi connectivity index (χ0) is 20.4. The van der Waals surface area contributed by atoms with E-state index >= 15 is 0 Å². The first-order chi connectivity index (χ1) is 14.1. The minimum atomic E-state index is -0.161. The summed E-state index contributed by atoms with van der Waals surface area (Å²) >= 11 is 0. The number of amides is 1. The number of aromatic nitrogens is 3. The number of nitrogens with one attached hydrogen (secondary N) is 2. The summed E-state index contributed by atoms with van der Waals surface area (Å²) in [6.45, 7) is 6.58. The molecule has 0 aliphatic rings. The summed E-state index contributed by atoms with van der Waals surface area (Å²) < 4.78 is 0. The second kappa shape index (κ2) is 7.87. The maximum absolute atomic E-state index is 12.4. The first-order valence-electron chi connectivity index (χ1n) is 9.82. The fourth-order valence-electron chi connectivity index (χ4n) is 3.72. The van der Waals surface area contributed by atoms with Gasteiger partial charge in [-0.25, -0.2) is 9.97 Å². The van der Waals surface area contributed by atoms with Gasteiger partial charge in [0.05, 0.1) is 11.3 Å². The molecule has 0 fully saturated rings. The van der Waals surface area contributed by atoms with Crippen molar-refractivity contribution in [1.29, 1.82) is 0 Å². The van der Waals surface area contributed by atoms with Gasteiger partial charge in [0.15, 0.2) is 0 Å². The maximum atomic E-state index is 12.4. The third kappa shape index (κ3) is 3.63. The molecular weight excluding hydrogens is 360 g/mol. The lowest BCUT2D eigenvalue weighted by molar-refractivity contribution is 0.0949. The molecule has 1 amide bonds. The highest BCUT2D eigenvalue weighted by Crippen LogP contribution is 2.32. The number of carbonyl (C=O) groups excluding carboxylic acids is 1. The summed E-state index contributed by atoms with van der Waals surface area (Å²) in [4.78, 5) is 24.0. The highest BCUT2D eigenvalue weighted by Gasteiger charge is 2.13. The summed E-state index contributed by atoms with van der Waals surface area (Å²) in [5.41, 5.74) is 8.30. The van der Waals surface area contributed by atoms with Gasteiger partial charge in [0.2, 0.25) is 0 Å². The minimum absolute atomic E-state index is 0.161. The molecule has 0 spiro atoms. The Bertz CT molecular complexity index is 1190. The SMILES string of the molecule is CCc1ccccc1-c1[nH]c2ccc(CNC(=O)c3cncnc3C)cc2c1C. The van der Waals surface area contributed by atoms with E-state index in [0.717, 1.165) is 23.2 Å². The molecule has 4 rings (SSSR count). The molecule has 29 heavy (non-hydrogen) atoms. The Balaban J connectivity index is 1.61. The van der Waals surface area contributed by atoms with E-state index in [9.17, 15) is 4.79 Å². The molecule has 5 heteroatoms. The van der Waals surface area contributed by atoms with Gasteiger partial charge in [0.1, 0.15) is 6.33 Å². The normalized spacial score (nSPS) is 11.0. The van der Waals surface area contributed by atoms with Crippen LogP contribution < -0.4 is 5.32 Å². The number of fused-ring (bicyclic) bond motifs is 1. The van der Waals surface area contributed by atoms with Gasteiger partial charge in [-0.2, -0.15) is 0 Å². The number of nitrogens with zero attached hydrogens (tertiary/aromatic N) is 2. The number of H-pyrrole nitrogens is 1. The topological polar surface area (TPSA) is 70.7 Å². The Morgan fingerprint density at radius 1 is 1.14 bits per heavy atom. The Hall–Kier alpha value is -3.47. The highest BCUT2D eigenvalue weighted by atomic mass is 16.1. The largest absolute Gasteiger partial charge is 0.354 e. The molecule has 0 radical (unpaired) electrons. The van der Waals surface area contributed by atoms with Gasteiger partial charge < -0.3 is 10.3 Å². The maximum Gasteiger partial charge on any atom is 0.254 e. The van der Waals surface area contributed by atoms with E-state index in [4.69, 9.17) is 0 Å². The van der Waals surface area contributed by atoms with Crippen molar-refractivity contribution in [3.8, 4) is 11.3 Å². The molecule has 146 valence electrons. The van der Waals surface area contributed by atoms with Gasteiger partial charge in [-0.05, 0) is 49.1 Å². The van der Waals surface area contributed by atoms with E-state index in [-0.39, 0.29) is 5.91 Å². The molecule has 2 aromatic carbocycles. The van der Waals surface area contributed by atoms with Crippen molar-refractivity contribution >= 4 is 16.8 Å². The summed E-state index contributed by atoms with van der Waals surface area (Å²) in [5, 5.41) is 4.15. The Morgan fingerprint density at radius 3 is 2.76 bits per heavy atom. The Kier molecular flexibility index (Phi) is 5.12. The lowest BCUT2D eigenvalue weighted by Crippen LogP contribution is -2.24. The summed E-state index contributed by atoms with van der Waals surface area (Å²) in [6, 6.07) is 14.8. The van der Waals surface area contributed by atoms with Crippen LogP contribution in [0.25, 0.3) is 22.2 Å². The molecule has 5 nitrogen and oxygen atoms in total. The molecule has 0 aliphatic heterocycles. The number of benzene rings is 2. The van der Waals surface area contributed by atoms with Crippen molar-refractivity contribution in [2.45, 2.75) is 33.7 Å². The third-order valence-electron chi connectivity index (χ3n) is 5.40. The van der Waals surface area contributed by atoms with Crippen LogP contribution in [-0.4, -0.2) is 20.9 Å². The smallest absolute Gasteiger partial charge is 0.254 e. The van der Waals surface area contributed by atoms with Crippen LogP contribution in [0.1, 0.15) is 39.7 Å². The average molecular weight is 384 g/mol. The molecule has 0 saturated heterocycles. The van der Waals surface area contributed by atoms with Crippen molar-refractivity contribution in [2.75, 3.05) is 0 Å². The van der Waals surface area contributed by atoms with Crippen molar-refractivity contribution in [2.24, 2.45) is 0 Å². The monoisotopic (exact) mass is 384 g/mol.